The molecule has 2 heterocycles. The molecule has 1 atom stereocenters. The summed E-state index contributed by atoms with van der Waals surface area (Å²) in [6.07, 6.45) is 6.20. The summed E-state index contributed by atoms with van der Waals surface area (Å²) in [5.41, 5.74) is 0. The Bertz CT molecular complexity index is 163. The van der Waals surface area contributed by atoms with Gasteiger partial charge in [-0.15, -0.1) is 6.58 Å². The van der Waals surface area contributed by atoms with E-state index in [1.807, 2.05) is 0 Å². The zero-order chi connectivity index (χ0) is 8.39. The average molecular weight is 166 g/mol. The van der Waals surface area contributed by atoms with Crippen molar-refractivity contribution in [3.63, 3.8) is 0 Å². The van der Waals surface area contributed by atoms with Crippen molar-refractivity contribution < 1.29 is 0 Å². The van der Waals surface area contributed by atoms with Crippen LogP contribution in [-0.4, -0.2) is 36.6 Å². The van der Waals surface area contributed by atoms with Gasteiger partial charge in [0, 0.05) is 25.2 Å². The maximum absolute atomic E-state index is 3.91. The number of rotatable bonds is 2. The molecule has 2 fully saturated rings. The lowest BCUT2D eigenvalue weighted by Crippen LogP contribution is -2.60. The molecular formula is C10H18N2. The zero-order valence-corrected chi connectivity index (χ0v) is 7.63. The standard InChI is InChI=1S/C10H18N2/c1-2-9-5-3-4-6-12(9)10-7-11-8-10/h2,9-11H,1,3-8H2. The molecule has 0 amide bonds. The van der Waals surface area contributed by atoms with Crippen LogP contribution < -0.4 is 5.32 Å². The Labute approximate surface area is 74.6 Å². The Morgan fingerprint density at radius 2 is 2.17 bits per heavy atom. The highest BCUT2D eigenvalue weighted by molar-refractivity contribution is 4.97. The largest absolute Gasteiger partial charge is 0.314 e. The second-order valence-corrected chi connectivity index (χ2v) is 3.85. The minimum atomic E-state index is 0.658. The van der Waals surface area contributed by atoms with Gasteiger partial charge in [0.05, 0.1) is 0 Å². The molecule has 0 aliphatic carbocycles. The maximum Gasteiger partial charge on any atom is 0.0351 e. The fourth-order valence-corrected chi connectivity index (χ4v) is 2.19. The maximum atomic E-state index is 3.91. The van der Waals surface area contributed by atoms with Gasteiger partial charge >= 0.3 is 0 Å². The highest BCUT2D eigenvalue weighted by atomic mass is 15.3. The molecule has 1 unspecified atom stereocenters. The van der Waals surface area contributed by atoms with Crippen molar-refractivity contribution in [2.24, 2.45) is 0 Å². The lowest BCUT2D eigenvalue weighted by Gasteiger charge is -2.44. The Kier molecular flexibility index (Phi) is 2.47. The number of nitrogens with zero attached hydrogens (tertiary/aromatic N) is 1. The third kappa shape index (κ3) is 1.41. The molecule has 0 saturated carbocycles. The second-order valence-electron chi connectivity index (χ2n) is 3.85. The summed E-state index contributed by atoms with van der Waals surface area (Å²) in [5, 5.41) is 3.33. The fourth-order valence-electron chi connectivity index (χ4n) is 2.19. The highest BCUT2D eigenvalue weighted by Gasteiger charge is 2.30. The van der Waals surface area contributed by atoms with Gasteiger partial charge in [0.25, 0.3) is 0 Å². The first kappa shape index (κ1) is 8.27. The molecule has 1 N–H and O–H groups in total. The minimum absolute atomic E-state index is 0.658. The average Bonchev–Trinajstić information content (AvgIpc) is 2.02. The van der Waals surface area contributed by atoms with Crippen molar-refractivity contribution in [3.05, 3.63) is 12.7 Å². The van der Waals surface area contributed by atoms with Crippen LogP contribution in [0.3, 0.4) is 0 Å². The Balaban J connectivity index is 1.94. The van der Waals surface area contributed by atoms with E-state index < -0.39 is 0 Å². The summed E-state index contributed by atoms with van der Waals surface area (Å²) < 4.78 is 0. The van der Waals surface area contributed by atoms with E-state index >= 15 is 0 Å². The SMILES string of the molecule is C=CC1CCCCN1C1CNC1. The summed E-state index contributed by atoms with van der Waals surface area (Å²) in [6, 6.07) is 1.46. The number of hydrogen-bond donors (Lipinski definition) is 1. The van der Waals surface area contributed by atoms with E-state index in [4.69, 9.17) is 0 Å². The molecule has 2 rings (SSSR count). The molecule has 2 aliphatic heterocycles. The van der Waals surface area contributed by atoms with E-state index in [1.165, 1.54) is 38.9 Å². The Morgan fingerprint density at radius 3 is 2.75 bits per heavy atom. The van der Waals surface area contributed by atoms with E-state index in [0.717, 1.165) is 6.04 Å². The third-order valence-electron chi connectivity index (χ3n) is 3.09. The summed E-state index contributed by atoms with van der Waals surface area (Å²) in [6.45, 7) is 7.56. The fraction of sp³-hybridized carbons (Fsp3) is 0.800. The van der Waals surface area contributed by atoms with Gasteiger partial charge in [0.1, 0.15) is 0 Å². The molecule has 0 aromatic carbocycles. The smallest absolute Gasteiger partial charge is 0.0351 e. The summed E-state index contributed by atoms with van der Waals surface area (Å²) in [5.74, 6) is 0. The molecule has 2 aliphatic rings. The first-order chi connectivity index (χ1) is 5.92. The molecular weight excluding hydrogens is 148 g/mol. The van der Waals surface area contributed by atoms with Gasteiger partial charge in [0.15, 0.2) is 0 Å². The van der Waals surface area contributed by atoms with Gasteiger partial charge < -0.3 is 5.32 Å². The van der Waals surface area contributed by atoms with Crippen molar-refractivity contribution in [1.82, 2.24) is 10.2 Å². The predicted molar refractivity (Wildman–Crippen MR) is 51.2 cm³/mol. The van der Waals surface area contributed by atoms with Gasteiger partial charge in [-0.3, -0.25) is 4.90 Å². The highest BCUT2D eigenvalue weighted by Crippen LogP contribution is 2.21. The summed E-state index contributed by atoms with van der Waals surface area (Å²) >= 11 is 0. The molecule has 0 radical (unpaired) electrons. The Morgan fingerprint density at radius 1 is 1.33 bits per heavy atom. The third-order valence-corrected chi connectivity index (χ3v) is 3.09. The normalized spacial score (nSPS) is 32.8. The van der Waals surface area contributed by atoms with Gasteiger partial charge in [-0.05, 0) is 19.4 Å². The number of hydrogen-bond acceptors (Lipinski definition) is 2. The summed E-state index contributed by atoms with van der Waals surface area (Å²) in [7, 11) is 0. The van der Waals surface area contributed by atoms with Gasteiger partial charge in [-0.25, -0.2) is 0 Å². The van der Waals surface area contributed by atoms with Crippen molar-refractivity contribution in [1.29, 1.82) is 0 Å². The quantitative estimate of drug-likeness (QED) is 0.616. The zero-order valence-electron chi connectivity index (χ0n) is 7.63. The molecule has 0 aromatic rings. The number of nitrogens with one attached hydrogen (secondary N) is 1. The van der Waals surface area contributed by atoms with Crippen LogP contribution >= 0.6 is 0 Å². The van der Waals surface area contributed by atoms with Crippen LogP contribution in [0.2, 0.25) is 0 Å². The first-order valence-corrected chi connectivity index (χ1v) is 5.01. The van der Waals surface area contributed by atoms with Crippen LogP contribution in [0, 0.1) is 0 Å². The van der Waals surface area contributed by atoms with E-state index in [9.17, 15) is 0 Å². The molecule has 12 heavy (non-hydrogen) atoms. The molecule has 68 valence electrons. The summed E-state index contributed by atoms with van der Waals surface area (Å²) in [4.78, 5) is 2.62. The molecule has 0 bridgehead atoms. The van der Waals surface area contributed by atoms with E-state index in [-0.39, 0.29) is 0 Å². The van der Waals surface area contributed by atoms with E-state index in [0.29, 0.717) is 6.04 Å². The molecule has 2 heteroatoms. The predicted octanol–water partition coefficient (Wildman–Crippen LogP) is 0.999. The lowest BCUT2D eigenvalue weighted by molar-refractivity contribution is 0.0875. The monoisotopic (exact) mass is 166 g/mol. The van der Waals surface area contributed by atoms with Crippen LogP contribution in [0.1, 0.15) is 19.3 Å². The lowest BCUT2D eigenvalue weighted by atomic mass is 9.98. The van der Waals surface area contributed by atoms with Crippen LogP contribution in [0.5, 0.6) is 0 Å². The van der Waals surface area contributed by atoms with E-state index in [2.05, 4.69) is 22.9 Å². The second kappa shape index (κ2) is 3.58. The Hall–Kier alpha value is -0.340. The van der Waals surface area contributed by atoms with Crippen molar-refractivity contribution >= 4 is 0 Å². The van der Waals surface area contributed by atoms with Crippen molar-refractivity contribution in [3.8, 4) is 0 Å². The van der Waals surface area contributed by atoms with Crippen LogP contribution in [0.15, 0.2) is 12.7 Å². The molecule has 2 saturated heterocycles. The molecule has 0 spiro atoms. The van der Waals surface area contributed by atoms with Crippen LogP contribution in [0.4, 0.5) is 0 Å². The number of likely N-dealkylation sites (tertiary alicyclic amines) is 1. The van der Waals surface area contributed by atoms with E-state index in [1.54, 1.807) is 0 Å². The van der Waals surface area contributed by atoms with Crippen LogP contribution in [0.25, 0.3) is 0 Å². The van der Waals surface area contributed by atoms with Gasteiger partial charge in [0.2, 0.25) is 0 Å². The minimum Gasteiger partial charge on any atom is -0.314 e. The van der Waals surface area contributed by atoms with Gasteiger partial charge in [-0.1, -0.05) is 12.5 Å². The van der Waals surface area contributed by atoms with Crippen molar-refractivity contribution in [2.45, 2.75) is 31.3 Å². The molecule has 2 nitrogen and oxygen atoms in total. The number of piperidine rings is 1. The van der Waals surface area contributed by atoms with Crippen LogP contribution in [-0.2, 0) is 0 Å². The topological polar surface area (TPSA) is 15.3 Å². The molecule has 0 aromatic heterocycles. The van der Waals surface area contributed by atoms with Crippen molar-refractivity contribution in [2.75, 3.05) is 19.6 Å². The van der Waals surface area contributed by atoms with Gasteiger partial charge in [-0.2, -0.15) is 0 Å². The first-order valence-electron chi connectivity index (χ1n) is 5.01.